The van der Waals surface area contributed by atoms with E-state index in [-0.39, 0.29) is 0 Å². The molecule has 0 saturated heterocycles. The first-order valence-corrected chi connectivity index (χ1v) is 13.5. The van der Waals surface area contributed by atoms with E-state index in [9.17, 15) is 4.79 Å². The van der Waals surface area contributed by atoms with Gasteiger partial charge in [-0.3, -0.25) is 0 Å². The number of ether oxygens (including phenoxy) is 1. The Morgan fingerprint density at radius 2 is 0.900 bits per heavy atom. The van der Waals surface area contributed by atoms with Gasteiger partial charge in [0.05, 0.1) is 11.4 Å². The molecule has 1 aromatic heterocycles. The Morgan fingerprint density at radius 1 is 0.525 bits per heavy atom. The summed E-state index contributed by atoms with van der Waals surface area (Å²) in [4.78, 5) is 13.3. The highest BCUT2D eigenvalue weighted by Crippen LogP contribution is 2.23. The van der Waals surface area contributed by atoms with Crippen LogP contribution in [0.2, 0.25) is 0 Å². The van der Waals surface area contributed by atoms with Crippen molar-refractivity contribution in [3.8, 4) is 22.3 Å². The first kappa shape index (κ1) is 26.7. The van der Waals surface area contributed by atoms with E-state index in [1.165, 1.54) is 22.3 Å². The maximum Gasteiger partial charge on any atom is 0.419 e. The molecular formula is C37H33NO2. The van der Waals surface area contributed by atoms with Crippen LogP contribution >= 0.6 is 0 Å². The number of benzene rings is 4. The molecule has 40 heavy (non-hydrogen) atoms. The van der Waals surface area contributed by atoms with E-state index < -0.39 is 11.7 Å². The van der Waals surface area contributed by atoms with E-state index >= 15 is 0 Å². The van der Waals surface area contributed by atoms with Gasteiger partial charge in [-0.05, 0) is 78.4 Å². The Balaban J connectivity index is 1.39. The van der Waals surface area contributed by atoms with Crippen LogP contribution in [0.3, 0.4) is 0 Å². The van der Waals surface area contributed by atoms with Crippen LogP contribution < -0.4 is 0 Å². The molecule has 3 nitrogen and oxygen atoms in total. The molecule has 0 aliphatic carbocycles. The van der Waals surface area contributed by atoms with Crippen LogP contribution in [0.5, 0.6) is 0 Å². The second-order valence-electron chi connectivity index (χ2n) is 10.6. The number of hydrogen-bond acceptors (Lipinski definition) is 2. The van der Waals surface area contributed by atoms with Gasteiger partial charge in [-0.2, -0.15) is 0 Å². The lowest BCUT2D eigenvalue weighted by Gasteiger charge is -2.21. The summed E-state index contributed by atoms with van der Waals surface area (Å²) in [6.45, 7) is 5.63. The van der Waals surface area contributed by atoms with E-state index in [1.54, 1.807) is 4.57 Å². The van der Waals surface area contributed by atoms with E-state index in [4.69, 9.17) is 4.74 Å². The van der Waals surface area contributed by atoms with Crippen molar-refractivity contribution in [2.75, 3.05) is 0 Å². The van der Waals surface area contributed by atoms with Crippen molar-refractivity contribution in [3.05, 3.63) is 144 Å². The number of carbonyl (C=O) groups is 1. The third-order valence-electron chi connectivity index (χ3n) is 6.45. The molecule has 5 rings (SSSR count). The van der Waals surface area contributed by atoms with Crippen molar-refractivity contribution >= 4 is 30.4 Å². The van der Waals surface area contributed by atoms with Crippen molar-refractivity contribution in [1.82, 2.24) is 4.57 Å². The Kier molecular flexibility index (Phi) is 7.93. The fourth-order valence-electron chi connectivity index (χ4n) is 4.45. The van der Waals surface area contributed by atoms with Gasteiger partial charge in [0.15, 0.2) is 0 Å². The van der Waals surface area contributed by atoms with Crippen molar-refractivity contribution in [2.24, 2.45) is 0 Å². The summed E-state index contributed by atoms with van der Waals surface area (Å²) in [6.07, 6.45) is 7.53. The van der Waals surface area contributed by atoms with Gasteiger partial charge in [-0.15, -0.1) is 0 Å². The predicted octanol–water partition coefficient (Wildman–Crippen LogP) is 9.95. The normalized spacial score (nSPS) is 11.8. The van der Waals surface area contributed by atoms with Gasteiger partial charge >= 0.3 is 6.09 Å². The SMILES string of the molecule is CC(C)(C)OC(=O)n1c(/C=C/c2ccc(-c3ccccc3)cc2)ccc1/C=C/c1ccc(-c2ccccc2)cc1. The minimum Gasteiger partial charge on any atom is -0.443 e. The van der Waals surface area contributed by atoms with Crippen molar-refractivity contribution in [1.29, 1.82) is 0 Å². The van der Waals surface area contributed by atoms with Crippen LogP contribution in [-0.4, -0.2) is 16.3 Å². The van der Waals surface area contributed by atoms with Gasteiger partial charge < -0.3 is 4.74 Å². The third-order valence-corrected chi connectivity index (χ3v) is 6.45. The third kappa shape index (κ3) is 6.75. The fourth-order valence-corrected chi connectivity index (χ4v) is 4.45. The lowest BCUT2D eigenvalue weighted by Crippen LogP contribution is -2.28. The Bertz CT molecular complexity index is 1510. The predicted molar refractivity (Wildman–Crippen MR) is 168 cm³/mol. The Morgan fingerprint density at radius 3 is 1.27 bits per heavy atom. The molecule has 1 heterocycles. The number of hydrogen-bond donors (Lipinski definition) is 0. The molecule has 3 heteroatoms. The molecule has 0 N–H and O–H groups in total. The minimum atomic E-state index is -0.607. The number of rotatable bonds is 6. The molecule has 198 valence electrons. The maximum absolute atomic E-state index is 13.3. The zero-order chi connectivity index (χ0) is 28.0. The average molecular weight is 524 g/mol. The molecular weight excluding hydrogens is 490 g/mol. The van der Waals surface area contributed by atoms with Crippen LogP contribution in [0.1, 0.15) is 43.3 Å². The molecule has 0 atom stereocenters. The highest BCUT2D eigenvalue weighted by Gasteiger charge is 2.21. The van der Waals surface area contributed by atoms with Crippen molar-refractivity contribution < 1.29 is 9.53 Å². The van der Waals surface area contributed by atoms with E-state index in [2.05, 4.69) is 72.8 Å². The molecule has 0 aliphatic rings. The summed E-state index contributed by atoms with van der Waals surface area (Å²) in [5.41, 5.74) is 7.69. The van der Waals surface area contributed by atoms with Crippen molar-refractivity contribution in [2.45, 2.75) is 26.4 Å². The molecule has 0 fully saturated rings. The van der Waals surface area contributed by atoms with Crippen LogP contribution in [-0.2, 0) is 4.74 Å². The minimum absolute atomic E-state index is 0.407. The molecule has 5 aromatic rings. The van der Waals surface area contributed by atoms with E-state index in [0.29, 0.717) is 0 Å². The quantitative estimate of drug-likeness (QED) is 0.222. The van der Waals surface area contributed by atoms with Gasteiger partial charge in [0.25, 0.3) is 0 Å². The second-order valence-corrected chi connectivity index (χ2v) is 10.6. The zero-order valence-corrected chi connectivity index (χ0v) is 23.1. The lowest BCUT2D eigenvalue weighted by molar-refractivity contribution is 0.0535. The van der Waals surface area contributed by atoms with Gasteiger partial charge in [0, 0.05) is 0 Å². The molecule has 0 radical (unpaired) electrons. The number of nitrogens with zero attached hydrogens (tertiary/aromatic N) is 1. The van der Waals surface area contributed by atoms with Gasteiger partial charge in [0.2, 0.25) is 0 Å². The molecule has 0 bridgehead atoms. The highest BCUT2D eigenvalue weighted by atomic mass is 16.6. The number of carbonyl (C=O) groups excluding carboxylic acids is 1. The van der Waals surface area contributed by atoms with Gasteiger partial charge in [-0.25, -0.2) is 9.36 Å². The summed E-state index contributed by atoms with van der Waals surface area (Å²) < 4.78 is 7.37. The topological polar surface area (TPSA) is 31.2 Å². The number of aromatic nitrogens is 1. The monoisotopic (exact) mass is 523 g/mol. The van der Waals surface area contributed by atoms with Gasteiger partial charge in [0.1, 0.15) is 5.60 Å². The summed E-state index contributed by atoms with van der Waals surface area (Å²) in [7, 11) is 0. The van der Waals surface area contributed by atoms with Crippen LogP contribution in [0, 0.1) is 0 Å². The summed E-state index contributed by atoms with van der Waals surface area (Å²) in [5.74, 6) is 0. The summed E-state index contributed by atoms with van der Waals surface area (Å²) >= 11 is 0. The summed E-state index contributed by atoms with van der Waals surface area (Å²) in [5, 5.41) is 0. The molecule has 0 spiro atoms. The Hall–Kier alpha value is -4.89. The van der Waals surface area contributed by atoms with Crippen molar-refractivity contribution in [3.63, 3.8) is 0 Å². The van der Waals surface area contributed by atoms with Crippen LogP contribution in [0.25, 0.3) is 46.6 Å². The average Bonchev–Trinajstić information content (AvgIpc) is 3.38. The van der Waals surface area contributed by atoms with E-state index in [1.807, 2.05) is 93.6 Å². The molecule has 0 saturated carbocycles. The molecule has 0 unspecified atom stereocenters. The zero-order valence-electron chi connectivity index (χ0n) is 23.1. The van der Waals surface area contributed by atoms with Gasteiger partial charge in [-0.1, -0.05) is 121 Å². The summed E-state index contributed by atoms with van der Waals surface area (Å²) in [6, 6.07) is 41.3. The molecule has 0 aliphatic heterocycles. The largest absolute Gasteiger partial charge is 0.443 e. The smallest absolute Gasteiger partial charge is 0.419 e. The second kappa shape index (κ2) is 11.9. The fraction of sp³-hybridized carbons (Fsp3) is 0.108. The first-order valence-electron chi connectivity index (χ1n) is 13.5. The molecule has 0 amide bonds. The highest BCUT2D eigenvalue weighted by molar-refractivity contribution is 5.83. The van der Waals surface area contributed by atoms with Crippen LogP contribution in [0.15, 0.2) is 121 Å². The Labute approximate surface area is 236 Å². The lowest BCUT2D eigenvalue weighted by atomic mass is 10.0. The van der Waals surface area contributed by atoms with E-state index in [0.717, 1.165) is 22.5 Å². The maximum atomic E-state index is 13.3. The molecule has 4 aromatic carbocycles. The standard InChI is InChI=1S/C37H33NO2/c1-37(2,3)40-36(39)38-34(24-18-28-14-20-32(21-15-28)30-10-6-4-7-11-30)26-27-35(38)25-19-29-16-22-33(23-17-29)31-12-8-5-9-13-31/h4-27H,1-3H3/b24-18+,25-19+. The van der Waals surface area contributed by atoms with Crippen LogP contribution in [0.4, 0.5) is 4.79 Å². The first-order chi connectivity index (χ1) is 19.4.